The van der Waals surface area contributed by atoms with Crippen molar-refractivity contribution in [3.63, 3.8) is 0 Å². The van der Waals surface area contributed by atoms with Gasteiger partial charge in [-0.05, 0) is 23.0 Å². The zero-order valence-electron chi connectivity index (χ0n) is 15.3. The molecule has 1 aromatic carbocycles. The van der Waals surface area contributed by atoms with Crippen molar-refractivity contribution in [3.05, 3.63) is 35.4 Å². The van der Waals surface area contributed by atoms with E-state index in [1.165, 1.54) is 11.1 Å². The Kier molecular flexibility index (Phi) is 5.93. The molecule has 0 aliphatic carbocycles. The molecule has 2 fully saturated rings. The Morgan fingerprint density at radius 1 is 1.08 bits per heavy atom. The minimum Gasteiger partial charge on any atom is -0.379 e. The third-order valence-electron chi connectivity index (χ3n) is 4.87. The molecule has 0 bridgehead atoms. The molecule has 0 spiro atoms. The Morgan fingerprint density at radius 2 is 1.79 bits per heavy atom. The molecule has 4 heteroatoms. The minimum absolute atomic E-state index is 0.0571. The van der Waals surface area contributed by atoms with Crippen molar-refractivity contribution in [2.24, 2.45) is 0 Å². The molecular formula is C20H31NO3. The maximum Gasteiger partial charge on any atom is 0.158 e. The number of aryl methyl sites for hydroxylation is 1. The number of benzene rings is 1. The molecule has 0 aromatic heterocycles. The summed E-state index contributed by atoms with van der Waals surface area (Å²) >= 11 is 0. The van der Waals surface area contributed by atoms with Crippen molar-refractivity contribution in [1.82, 2.24) is 4.90 Å². The highest BCUT2D eigenvalue weighted by atomic mass is 16.7. The summed E-state index contributed by atoms with van der Waals surface area (Å²) in [7, 11) is 0. The second-order valence-electron chi connectivity index (χ2n) is 7.92. The number of rotatable bonds is 5. The maximum atomic E-state index is 6.06. The highest BCUT2D eigenvalue weighted by Crippen LogP contribution is 2.23. The second kappa shape index (κ2) is 7.96. The molecule has 24 heavy (non-hydrogen) atoms. The first kappa shape index (κ1) is 17.9. The Balaban J connectivity index is 1.41. The van der Waals surface area contributed by atoms with E-state index in [1.54, 1.807) is 0 Å². The van der Waals surface area contributed by atoms with Gasteiger partial charge in [0.05, 0.1) is 25.9 Å². The van der Waals surface area contributed by atoms with Crippen LogP contribution in [0.4, 0.5) is 0 Å². The Hall–Kier alpha value is -0.940. The van der Waals surface area contributed by atoms with Crippen LogP contribution >= 0.6 is 0 Å². The van der Waals surface area contributed by atoms with Crippen molar-refractivity contribution in [2.75, 3.05) is 39.5 Å². The summed E-state index contributed by atoms with van der Waals surface area (Å²) in [5, 5.41) is 0. The van der Waals surface area contributed by atoms with E-state index >= 15 is 0 Å². The highest BCUT2D eigenvalue weighted by Gasteiger charge is 2.28. The molecular weight excluding hydrogens is 302 g/mol. The van der Waals surface area contributed by atoms with Crippen LogP contribution in [-0.2, 0) is 26.0 Å². The summed E-state index contributed by atoms with van der Waals surface area (Å²) in [5.74, 6) is 0. The molecule has 4 nitrogen and oxygen atoms in total. The predicted octanol–water partition coefficient (Wildman–Crippen LogP) is 2.99. The largest absolute Gasteiger partial charge is 0.379 e. The third kappa shape index (κ3) is 5.03. The lowest BCUT2D eigenvalue weighted by atomic mass is 9.86. The molecule has 0 unspecified atom stereocenters. The minimum atomic E-state index is -0.0571. The maximum absolute atomic E-state index is 6.06. The zero-order valence-corrected chi connectivity index (χ0v) is 15.3. The van der Waals surface area contributed by atoms with Crippen LogP contribution in [0.1, 0.15) is 38.3 Å². The molecule has 2 heterocycles. The average molecular weight is 333 g/mol. The molecule has 2 saturated heterocycles. The summed E-state index contributed by atoms with van der Waals surface area (Å²) in [5.41, 5.74) is 2.94. The summed E-state index contributed by atoms with van der Waals surface area (Å²) in [6, 6.07) is 8.96. The van der Waals surface area contributed by atoms with Gasteiger partial charge in [-0.15, -0.1) is 0 Å². The second-order valence-corrected chi connectivity index (χ2v) is 7.92. The zero-order chi connectivity index (χ0) is 17.0. The molecule has 1 aromatic rings. The lowest BCUT2D eigenvalue weighted by Crippen LogP contribution is -2.41. The first-order valence-corrected chi connectivity index (χ1v) is 9.17. The lowest BCUT2D eigenvalue weighted by Gasteiger charge is -2.28. The van der Waals surface area contributed by atoms with Crippen LogP contribution in [0.25, 0.3) is 0 Å². The van der Waals surface area contributed by atoms with E-state index in [-0.39, 0.29) is 17.8 Å². The van der Waals surface area contributed by atoms with Crippen molar-refractivity contribution in [2.45, 2.75) is 51.4 Å². The summed E-state index contributed by atoms with van der Waals surface area (Å²) in [4.78, 5) is 2.41. The SMILES string of the molecule is CC(C)(C)c1ccc(CC[C@@H]2OC[C@@H](CN3CCOCC3)O2)cc1. The van der Waals surface area contributed by atoms with Gasteiger partial charge in [0, 0.05) is 26.1 Å². The van der Waals surface area contributed by atoms with Crippen LogP contribution in [0.3, 0.4) is 0 Å². The van der Waals surface area contributed by atoms with Gasteiger partial charge >= 0.3 is 0 Å². The fraction of sp³-hybridized carbons (Fsp3) is 0.700. The van der Waals surface area contributed by atoms with Gasteiger partial charge in [-0.3, -0.25) is 4.90 Å². The molecule has 0 radical (unpaired) electrons. The molecule has 0 saturated carbocycles. The number of ether oxygens (including phenoxy) is 3. The number of morpholine rings is 1. The van der Waals surface area contributed by atoms with Gasteiger partial charge in [0.15, 0.2) is 6.29 Å². The van der Waals surface area contributed by atoms with Crippen LogP contribution < -0.4 is 0 Å². The fourth-order valence-electron chi connectivity index (χ4n) is 3.28. The van der Waals surface area contributed by atoms with Crippen LogP contribution in [0.15, 0.2) is 24.3 Å². The van der Waals surface area contributed by atoms with E-state index in [0.29, 0.717) is 6.61 Å². The first-order valence-electron chi connectivity index (χ1n) is 9.17. The third-order valence-corrected chi connectivity index (χ3v) is 4.87. The van der Waals surface area contributed by atoms with Crippen molar-refractivity contribution >= 4 is 0 Å². The standard InChI is InChI=1S/C20H31NO3/c1-20(2,3)17-7-4-16(5-8-17)6-9-19-23-15-18(24-19)14-21-10-12-22-13-11-21/h4-5,7-8,18-19H,6,9-15H2,1-3H3/t18-,19-/m1/s1. The van der Waals surface area contributed by atoms with Crippen LogP contribution in [-0.4, -0.2) is 56.7 Å². The van der Waals surface area contributed by atoms with E-state index in [9.17, 15) is 0 Å². The van der Waals surface area contributed by atoms with Gasteiger partial charge in [-0.2, -0.15) is 0 Å². The molecule has 134 valence electrons. The van der Waals surface area contributed by atoms with Crippen molar-refractivity contribution < 1.29 is 14.2 Å². The van der Waals surface area contributed by atoms with Crippen molar-refractivity contribution in [3.8, 4) is 0 Å². The number of hydrogen-bond donors (Lipinski definition) is 0. The lowest BCUT2D eigenvalue weighted by molar-refractivity contribution is -0.0693. The molecule has 3 rings (SSSR count). The smallest absolute Gasteiger partial charge is 0.158 e. The Labute approximate surface area is 146 Å². The van der Waals surface area contributed by atoms with Crippen LogP contribution in [0.2, 0.25) is 0 Å². The highest BCUT2D eigenvalue weighted by molar-refractivity contribution is 5.27. The van der Waals surface area contributed by atoms with Gasteiger partial charge in [0.2, 0.25) is 0 Å². The molecule has 0 N–H and O–H groups in total. The quantitative estimate of drug-likeness (QED) is 0.829. The van der Waals surface area contributed by atoms with Crippen LogP contribution in [0.5, 0.6) is 0 Å². The van der Waals surface area contributed by atoms with E-state index in [2.05, 4.69) is 49.9 Å². The normalized spacial score (nSPS) is 26.0. The number of hydrogen-bond acceptors (Lipinski definition) is 4. The summed E-state index contributed by atoms with van der Waals surface area (Å²) in [6.45, 7) is 12.1. The van der Waals surface area contributed by atoms with Gasteiger partial charge in [-0.1, -0.05) is 45.0 Å². The first-order chi connectivity index (χ1) is 11.5. The van der Waals surface area contributed by atoms with Gasteiger partial charge < -0.3 is 14.2 Å². The average Bonchev–Trinajstić information content (AvgIpc) is 3.01. The van der Waals surface area contributed by atoms with Crippen molar-refractivity contribution in [1.29, 1.82) is 0 Å². The fourth-order valence-corrected chi connectivity index (χ4v) is 3.28. The summed E-state index contributed by atoms with van der Waals surface area (Å²) in [6.07, 6.45) is 2.07. The Bertz CT molecular complexity index is 503. The molecule has 2 aliphatic rings. The topological polar surface area (TPSA) is 30.9 Å². The summed E-state index contributed by atoms with van der Waals surface area (Å²) < 4.78 is 17.3. The number of nitrogens with zero attached hydrogens (tertiary/aromatic N) is 1. The molecule has 0 amide bonds. The van der Waals surface area contributed by atoms with Gasteiger partial charge in [0.25, 0.3) is 0 Å². The predicted molar refractivity (Wildman–Crippen MR) is 95.3 cm³/mol. The van der Waals surface area contributed by atoms with Gasteiger partial charge in [-0.25, -0.2) is 0 Å². The van der Waals surface area contributed by atoms with E-state index in [1.807, 2.05) is 0 Å². The molecule has 2 atom stereocenters. The van der Waals surface area contributed by atoms with Gasteiger partial charge in [0.1, 0.15) is 0 Å². The van der Waals surface area contributed by atoms with Crippen LogP contribution in [0, 0.1) is 0 Å². The van der Waals surface area contributed by atoms with E-state index in [0.717, 1.165) is 45.7 Å². The Morgan fingerprint density at radius 3 is 2.46 bits per heavy atom. The monoisotopic (exact) mass is 333 g/mol. The molecule has 2 aliphatic heterocycles. The van der Waals surface area contributed by atoms with E-state index in [4.69, 9.17) is 14.2 Å². The van der Waals surface area contributed by atoms with E-state index < -0.39 is 0 Å².